The van der Waals surface area contributed by atoms with Gasteiger partial charge in [0.1, 0.15) is 29.8 Å². The predicted molar refractivity (Wildman–Crippen MR) is 122 cm³/mol. The molecule has 3 aromatic rings. The fourth-order valence-electron chi connectivity index (χ4n) is 4.78. The summed E-state index contributed by atoms with van der Waals surface area (Å²) in [6.45, 7) is 2.05. The Morgan fingerprint density at radius 2 is 1.94 bits per heavy atom. The Balaban J connectivity index is 1.15. The number of alkyl halides is 3. The van der Waals surface area contributed by atoms with E-state index in [-0.39, 0.29) is 17.7 Å². The van der Waals surface area contributed by atoms with Crippen LogP contribution in [0.25, 0.3) is 10.9 Å². The molecular formula is C25H24ClF3N2O3. The van der Waals surface area contributed by atoms with Crippen molar-refractivity contribution in [3.8, 4) is 11.5 Å². The lowest BCUT2D eigenvalue weighted by Crippen LogP contribution is -2.49. The maximum absolute atomic E-state index is 13.0. The minimum absolute atomic E-state index is 0.0300. The molecule has 34 heavy (non-hydrogen) atoms. The maximum Gasteiger partial charge on any atom is 0.416 e. The van der Waals surface area contributed by atoms with E-state index in [1.807, 2.05) is 18.2 Å². The lowest BCUT2D eigenvalue weighted by Gasteiger charge is -2.39. The quantitative estimate of drug-likeness (QED) is 0.536. The van der Waals surface area contributed by atoms with Crippen molar-refractivity contribution in [1.82, 2.24) is 9.88 Å². The van der Waals surface area contributed by atoms with Gasteiger partial charge in [0, 0.05) is 55.5 Å². The van der Waals surface area contributed by atoms with Gasteiger partial charge >= 0.3 is 6.18 Å². The van der Waals surface area contributed by atoms with E-state index in [0.717, 1.165) is 55.8 Å². The fourth-order valence-corrected chi connectivity index (χ4v) is 4.98. The largest absolute Gasteiger partial charge is 0.490 e. The summed E-state index contributed by atoms with van der Waals surface area (Å²) in [6.07, 6.45) is -1.23. The molecule has 0 saturated carbocycles. The number of pyridine rings is 1. The highest BCUT2D eigenvalue weighted by molar-refractivity contribution is 6.30. The molecule has 1 fully saturated rings. The van der Waals surface area contributed by atoms with Crippen LogP contribution < -0.4 is 9.47 Å². The van der Waals surface area contributed by atoms with Gasteiger partial charge < -0.3 is 19.5 Å². The van der Waals surface area contributed by atoms with Gasteiger partial charge in [-0.2, -0.15) is 13.2 Å². The minimum Gasteiger partial charge on any atom is -0.490 e. The number of likely N-dealkylation sites (tertiary alicyclic amines) is 1. The number of aromatic nitrogens is 1. The third kappa shape index (κ3) is 4.80. The molecule has 1 N–H and O–H groups in total. The average Bonchev–Trinajstić information content (AvgIpc) is 3.15. The van der Waals surface area contributed by atoms with E-state index in [4.69, 9.17) is 21.1 Å². The molecule has 2 aliphatic heterocycles. The van der Waals surface area contributed by atoms with Crippen LogP contribution in [0.5, 0.6) is 11.5 Å². The summed E-state index contributed by atoms with van der Waals surface area (Å²) in [4.78, 5) is 6.20. The number of fused-ring (bicyclic) bond motifs is 2. The smallest absolute Gasteiger partial charge is 0.416 e. The fraction of sp³-hybridized carbons (Fsp3) is 0.400. The molecule has 0 unspecified atom stereocenters. The van der Waals surface area contributed by atoms with Crippen LogP contribution in [0.4, 0.5) is 13.2 Å². The van der Waals surface area contributed by atoms with E-state index in [2.05, 4.69) is 9.88 Å². The Morgan fingerprint density at radius 1 is 1.15 bits per heavy atom. The second kappa shape index (κ2) is 8.91. The normalized spacial score (nSPS) is 18.6. The first-order chi connectivity index (χ1) is 16.2. The van der Waals surface area contributed by atoms with Crippen molar-refractivity contribution in [3.05, 3.63) is 64.8 Å². The first kappa shape index (κ1) is 23.2. The molecule has 9 heteroatoms. The van der Waals surface area contributed by atoms with Crippen molar-refractivity contribution in [2.24, 2.45) is 0 Å². The molecule has 1 aromatic heterocycles. The zero-order chi connectivity index (χ0) is 23.9. The van der Waals surface area contributed by atoms with Gasteiger partial charge in [-0.1, -0.05) is 11.6 Å². The Morgan fingerprint density at radius 3 is 2.71 bits per heavy atom. The summed E-state index contributed by atoms with van der Waals surface area (Å²) >= 11 is 6.11. The average molecular weight is 493 g/mol. The first-order valence-electron chi connectivity index (χ1n) is 11.2. The van der Waals surface area contributed by atoms with Gasteiger partial charge in [-0.3, -0.25) is 4.98 Å². The zero-order valence-corrected chi connectivity index (χ0v) is 19.1. The lowest BCUT2D eigenvalue weighted by atomic mass is 9.87. The van der Waals surface area contributed by atoms with Crippen molar-refractivity contribution in [1.29, 1.82) is 0 Å². The molecule has 0 bridgehead atoms. The molecule has 5 nitrogen and oxygen atoms in total. The van der Waals surface area contributed by atoms with Crippen molar-refractivity contribution in [2.75, 3.05) is 26.2 Å². The molecule has 5 rings (SSSR count). The van der Waals surface area contributed by atoms with Gasteiger partial charge in [0.15, 0.2) is 0 Å². The molecular weight excluding hydrogens is 469 g/mol. The number of halogens is 4. The van der Waals surface area contributed by atoms with Crippen LogP contribution in [0.2, 0.25) is 5.02 Å². The van der Waals surface area contributed by atoms with Crippen LogP contribution in [0.1, 0.15) is 24.0 Å². The molecule has 3 heterocycles. The Kier molecular flexibility index (Phi) is 6.08. The monoisotopic (exact) mass is 492 g/mol. The molecule has 0 radical (unpaired) electrons. The van der Waals surface area contributed by atoms with E-state index < -0.39 is 17.8 Å². The predicted octanol–water partition coefficient (Wildman–Crippen LogP) is 5.12. The van der Waals surface area contributed by atoms with E-state index in [0.29, 0.717) is 22.7 Å². The highest BCUT2D eigenvalue weighted by Gasteiger charge is 2.42. The van der Waals surface area contributed by atoms with E-state index in [1.165, 1.54) is 12.3 Å². The molecule has 180 valence electrons. The van der Waals surface area contributed by atoms with Crippen LogP contribution in [-0.2, 0) is 12.6 Å². The third-order valence-electron chi connectivity index (χ3n) is 6.56. The Labute approximate surface area is 200 Å². The highest BCUT2D eigenvalue weighted by atomic mass is 35.5. The molecule has 0 aliphatic carbocycles. The van der Waals surface area contributed by atoms with Crippen LogP contribution in [0, 0.1) is 0 Å². The summed E-state index contributed by atoms with van der Waals surface area (Å²) in [7, 11) is 0. The number of aliphatic hydroxyl groups excluding tert-OH is 1. The van der Waals surface area contributed by atoms with Crippen molar-refractivity contribution >= 4 is 22.5 Å². The third-order valence-corrected chi connectivity index (χ3v) is 6.79. The number of rotatable bonds is 5. The SMILES string of the molecule is O[C@H](COc1ccnc2cc(C(F)(F)F)ccc12)CN1CCC2(CC1)Cc1cc(Cl)ccc1O2. The molecule has 1 atom stereocenters. The highest BCUT2D eigenvalue weighted by Crippen LogP contribution is 2.42. The van der Waals surface area contributed by atoms with Crippen molar-refractivity contribution < 1.29 is 27.8 Å². The summed E-state index contributed by atoms with van der Waals surface area (Å²) in [6, 6.07) is 10.7. The summed E-state index contributed by atoms with van der Waals surface area (Å²) in [5.41, 5.74) is 0.365. The van der Waals surface area contributed by atoms with Gasteiger partial charge in [0.05, 0.1) is 11.1 Å². The number of ether oxygens (including phenoxy) is 2. The van der Waals surface area contributed by atoms with Crippen molar-refractivity contribution in [2.45, 2.75) is 37.1 Å². The summed E-state index contributed by atoms with van der Waals surface area (Å²) in [5, 5.41) is 11.7. The second-order valence-corrected chi connectivity index (χ2v) is 9.45. The van der Waals surface area contributed by atoms with Crippen LogP contribution in [-0.4, -0.2) is 52.9 Å². The van der Waals surface area contributed by atoms with Gasteiger partial charge in [0.25, 0.3) is 0 Å². The number of aliphatic hydroxyl groups is 1. The van der Waals surface area contributed by atoms with E-state index in [9.17, 15) is 18.3 Å². The first-order valence-corrected chi connectivity index (χ1v) is 11.6. The minimum atomic E-state index is -4.44. The summed E-state index contributed by atoms with van der Waals surface area (Å²) in [5.74, 6) is 1.30. The van der Waals surface area contributed by atoms with E-state index >= 15 is 0 Å². The standard InChI is InChI=1S/C25H24ClF3N2O3/c26-18-2-4-22-16(11-18)13-24(34-22)6-9-31(10-7-24)14-19(32)15-33-23-5-8-30-21-12-17(25(27,28)29)1-3-20(21)23/h1-5,8,11-12,19,32H,6-7,9-10,13-15H2/t19-/m0/s1. The van der Waals surface area contributed by atoms with Gasteiger partial charge in [-0.25, -0.2) is 0 Å². The second-order valence-electron chi connectivity index (χ2n) is 9.02. The number of nitrogens with zero attached hydrogens (tertiary/aromatic N) is 2. The van der Waals surface area contributed by atoms with Gasteiger partial charge in [-0.15, -0.1) is 0 Å². The Hall–Kier alpha value is -2.55. The molecule has 2 aromatic carbocycles. The lowest BCUT2D eigenvalue weighted by molar-refractivity contribution is -0.137. The van der Waals surface area contributed by atoms with Crippen LogP contribution in [0.15, 0.2) is 48.7 Å². The van der Waals surface area contributed by atoms with Crippen molar-refractivity contribution in [3.63, 3.8) is 0 Å². The molecule has 0 amide bonds. The number of benzene rings is 2. The topological polar surface area (TPSA) is 54.8 Å². The van der Waals surface area contributed by atoms with Gasteiger partial charge in [0.2, 0.25) is 0 Å². The maximum atomic E-state index is 13.0. The number of hydrogen-bond donors (Lipinski definition) is 1. The number of hydrogen-bond acceptors (Lipinski definition) is 5. The summed E-state index contributed by atoms with van der Waals surface area (Å²) < 4.78 is 50.9. The molecule has 1 spiro atoms. The van der Waals surface area contributed by atoms with Crippen LogP contribution in [0.3, 0.4) is 0 Å². The number of piperidine rings is 1. The van der Waals surface area contributed by atoms with E-state index in [1.54, 1.807) is 6.07 Å². The molecule has 2 aliphatic rings. The van der Waals surface area contributed by atoms with Gasteiger partial charge in [-0.05, 0) is 48.0 Å². The number of β-amino-alcohol motifs (C(OH)–C–C–N with tert-alkyl or cyclic N) is 1. The zero-order valence-electron chi connectivity index (χ0n) is 18.3. The van der Waals surface area contributed by atoms with Crippen LogP contribution >= 0.6 is 11.6 Å². The Bertz CT molecular complexity index is 1200. The molecule has 1 saturated heterocycles.